The minimum absolute atomic E-state index is 0.0530. The van der Waals surface area contributed by atoms with Gasteiger partial charge >= 0.3 is 0 Å². The van der Waals surface area contributed by atoms with Crippen LogP contribution in [0, 0.1) is 5.92 Å². The number of para-hydroxylation sites is 1. The Balaban J connectivity index is 2.27. The number of nitrogens with zero attached hydrogens (tertiary/aromatic N) is 2. The molecule has 0 unspecified atom stereocenters. The highest BCUT2D eigenvalue weighted by molar-refractivity contribution is 6.09. The molecule has 0 bridgehead atoms. The third kappa shape index (κ3) is 2.29. The lowest BCUT2D eigenvalue weighted by atomic mass is 10.0. The number of hydrogen-bond donors (Lipinski definition) is 1. The Morgan fingerprint density at radius 3 is 2.67 bits per heavy atom. The Bertz CT molecular complexity index is 819. The van der Waals surface area contributed by atoms with Crippen LogP contribution in [0.2, 0.25) is 0 Å². The lowest BCUT2D eigenvalue weighted by molar-refractivity contribution is -0.904. The number of hydrogen-bond acceptors (Lipinski definition) is 2. The van der Waals surface area contributed by atoms with Crippen molar-refractivity contribution in [3.63, 3.8) is 0 Å². The molecule has 3 rings (SSSR count). The van der Waals surface area contributed by atoms with E-state index >= 15 is 0 Å². The molecule has 0 radical (unpaired) electrons. The van der Waals surface area contributed by atoms with E-state index in [0.29, 0.717) is 5.56 Å². The van der Waals surface area contributed by atoms with E-state index in [9.17, 15) is 10.0 Å². The summed E-state index contributed by atoms with van der Waals surface area (Å²) in [6.45, 7) is 3.80. The van der Waals surface area contributed by atoms with E-state index in [1.54, 1.807) is 18.5 Å². The highest BCUT2D eigenvalue weighted by Gasteiger charge is 2.18. The first kappa shape index (κ1) is 13.4. The van der Waals surface area contributed by atoms with Gasteiger partial charge in [-0.05, 0) is 12.1 Å². The summed E-state index contributed by atoms with van der Waals surface area (Å²) in [4.78, 5) is 12.4. The second-order valence-electron chi connectivity index (χ2n) is 5.39. The van der Waals surface area contributed by atoms with E-state index in [1.807, 2.05) is 54.9 Å². The highest BCUT2D eigenvalue weighted by atomic mass is 16.5. The van der Waals surface area contributed by atoms with Crippen LogP contribution in [-0.4, -0.2) is 15.6 Å². The number of aromatic nitrogens is 2. The molecule has 0 spiro atoms. The summed E-state index contributed by atoms with van der Waals surface area (Å²) in [7, 11) is 0. The van der Waals surface area contributed by atoms with Gasteiger partial charge in [-0.2, -0.15) is 0 Å². The molecule has 0 atom stereocenters. The van der Waals surface area contributed by atoms with E-state index in [2.05, 4.69) is 0 Å². The van der Waals surface area contributed by atoms with Gasteiger partial charge in [0.2, 0.25) is 12.4 Å². The van der Waals surface area contributed by atoms with E-state index < -0.39 is 0 Å². The number of fused-ring (bicyclic) bond motifs is 1. The summed E-state index contributed by atoms with van der Waals surface area (Å²) >= 11 is 0. The third-order valence-corrected chi connectivity index (χ3v) is 3.55. The normalized spacial score (nSPS) is 11.2. The van der Waals surface area contributed by atoms with Gasteiger partial charge in [0.25, 0.3) is 0 Å². The summed E-state index contributed by atoms with van der Waals surface area (Å²) in [6.07, 6.45) is 5.01. The zero-order valence-electron chi connectivity index (χ0n) is 12.0. The average molecular weight is 281 g/mol. The van der Waals surface area contributed by atoms with E-state index in [1.165, 1.54) is 0 Å². The Morgan fingerprint density at radius 2 is 1.95 bits per heavy atom. The second-order valence-corrected chi connectivity index (χ2v) is 5.39. The fourth-order valence-corrected chi connectivity index (χ4v) is 2.49. The quantitative estimate of drug-likeness (QED) is 0.456. The summed E-state index contributed by atoms with van der Waals surface area (Å²) in [6, 6.07) is 11.5. The SMILES string of the molecule is CC(C)C(=O)c1cn(-c2ccc[n+](O)c2)c2ccccc12. The van der Waals surface area contributed by atoms with Gasteiger partial charge in [-0.15, -0.1) is 0 Å². The fraction of sp³-hybridized carbons (Fsp3) is 0.176. The van der Waals surface area contributed by atoms with Gasteiger partial charge in [0.15, 0.2) is 5.78 Å². The summed E-state index contributed by atoms with van der Waals surface area (Å²) in [5, 5.41) is 10.5. The van der Waals surface area contributed by atoms with Gasteiger partial charge in [-0.1, -0.05) is 32.0 Å². The van der Waals surface area contributed by atoms with Gasteiger partial charge in [0.05, 0.1) is 5.52 Å². The molecule has 0 amide bonds. The van der Waals surface area contributed by atoms with Crippen molar-refractivity contribution in [1.29, 1.82) is 0 Å². The van der Waals surface area contributed by atoms with Crippen LogP contribution in [0.1, 0.15) is 24.2 Å². The number of Topliss-reactive ketones (excluding diaryl/α,β-unsaturated/α-hetero) is 1. The molecule has 21 heavy (non-hydrogen) atoms. The summed E-state index contributed by atoms with van der Waals surface area (Å²) in [5.74, 6) is 0.0700. The highest BCUT2D eigenvalue weighted by Crippen LogP contribution is 2.26. The lowest BCUT2D eigenvalue weighted by Gasteiger charge is -2.01. The topological polar surface area (TPSA) is 46.1 Å². The Kier molecular flexibility index (Phi) is 3.22. The van der Waals surface area contributed by atoms with Crippen molar-refractivity contribution in [2.75, 3.05) is 0 Å². The fourth-order valence-electron chi connectivity index (χ4n) is 2.49. The predicted octanol–water partition coefficient (Wildman–Crippen LogP) is 2.99. The lowest BCUT2D eigenvalue weighted by Crippen LogP contribution is -2.28. The van der Waals surface area contributed by atoms with Gasteiger partial charge in [-0.25, -0.2) is 0 Å². The van der Waals surface area contributed by atoms with Gasteiger partial charge in [-0.3, -0.25) is 10.0 Å². The molecule has 0 saturated carbocycles. The molecule has 2 heterocycles. The zero-order chi connectivity index (χ0) is 15.0. The van der Waals surface area contributed by atoms with Crippen molar-refractivity contribution in [3.05, 3.63) is 60.6 Å². The monoisotopic (exact) mass is 281 g/mol. The van der Waals surface area contributed by atoms with Crippen LogP contribution in [0.25, 0.3) is 16.6 Å². The van der Waals surface area contributed by atoms with Crippen LogP contribution in [0.15, 0.2) is 55.0 Å². The maximum Gasteiger partial charge on any atom is 0.246 e. The Hall–Kier alpha value is -2.62. The molecule has 106 valence electrons. The van der Waals surface area contributed by atoms with Crippen LogP contribution in [0.4, 0.5) is 0 Å². The maximum atomic E-state index is 12.4. The molecule has 3 aromatic rings. The van der Waals surface area contributed by atoms with Crippen molar-refractivity contribution in [2.45, 2.75) is 13.8 Å². The first-order valence-corrected chi connectivity index (χ1v) is 6.93. The average Bonchev–Trinajstić information content (AvgIpc) is 2.86. The molecule has 1 N–H and O–H groups in total. The van der Waals surface area contributed by atoms with Crippen molar-refractivity contribution in [3.8, 4) is 5.69 Å². The molecule has 0 saturated heterocycles. The van der Waals surface area contributed by atoms with E-state index in [0.717, 1.165) is 21.3 Å². The minimum atomic E-state index is -0.0530. The van der Waals surface area contributed by atoms with Crippen LogP contribution >= 0.6 is 0 Å². The number of carbonyl (C=O) groups excluding carboxylic acids is 1. The molecule has 0 aliphatic carbocycles. The molecule has 4 nitrogen and oxygen atoms in total. The third-order valence-electron chi connectivity index (χ3n) is 3.55. The number of carbonyl (C=O) groups is 1. The molecular formula is C17H17N2O2+. The van der Waals surface area contributed by atoms with Crippen LogP contribution in [0.5, 0.6) is 0 Å². The van der Waals surface area contributed by atoms with Gasteiger partial charge < -0.3 is 4.57 Å². The molecule has 2 aromatic heterocycles. The largest absolute Gasteiger partial charge is 0.310 e. The summed E-state index contributed by atoms with van der Waals surface area (Å²) < 4.78 is 2.94. The molecule has 0 aliphatic rings. The number of benzene rings is 1. The maximum absolute atomic E-state index is 12.4. The van der Waals surface area contributed by atoms with E-state index in [4.69, 9.17) is 0 Å². The molecule has 0 fully saturated rings. The molecule has 1 aromatic carbocycles. The minimum Gasteiger partial charge on any atom is -0.310 e. The van der Waals surface area contributed by atoms with Crippen LogP contribution in [0.3, 0.4) is 0 Å². The first-order chi connectivity index (χ1) is 10.1. The van der Waals surface area contributed by atoms with Gasteiger partial charge in [0, 0.05) is 33.9 Å². The Morgan fingerprint density at radius 1 is 1.19 bits per heavy atom. The number of rotatable bonds is 3. The van der Waals surface area contributed by atoms with Crippen molar-refractivity contribution in [1.82, 2.24) is 4.57 Å². The van der Waals surface area contributed by atoms with Crippen LogP contribution < -0.4 is 4.73 Å². The number of pyridine rings is 1. The van der Waals surface area contributed by atoms with Crippen molar-refractivity contribution < 1.29 is 14.7 Å². The van der Waals surface area contributed by atoms with Crippen molar-refractivity contribution >= 4 is 16.7 Å². The smallest absolute Gasteiger partial charge is 0.246 e. The van der Waals surface area contributed by atoms with Gasteiger partial charge in [0.1, 0.15) is 5.69 Å². The number of ketones is 1. The van der Waals surface area contributed by atoms with E-state index in [-0.39, 0.29) is 11.7 Å². The molecular weight excluding hydrogens is 264 g/mol. The zero-order valence-corrected chi connectivity index (χ0v) is 12.0. The Labute approximate surface area is 122 Å². The van der Waals surface area contributed by atoms with Crippen LogP contribution in [-0.2, 0) is 0 Å². The standard InChI is InChI=1S/C17H17N2O2/c1-12(2)17(20)15-11-19(13-6-5-9-18(21)10-13)16-8-4-3-7-14(15)16/h3-12,21H,1-2H3/q+1. The summed E-state index contributed by atoms with van der Waals surface area (Å²) in [5.41, 5.74) is 2.47. The first-order valence-electron chi connectivity index (χ1n) is 6.93. The van der Waals surface area contributed by atoms with Crippen molar-refractivity contribution in [2.24, 2.45) is 5.92 Å². The molecule has 4 heteroatoms. The predicted molar refractivity (Wildman–Crippen MR) is 79.8 cm³/mol. The molecule has 0 aliphatic heterocycles. The second kappa shape index (κ2) is 5.05.